The van der Waals surface area contributed by atoms with Gasteiger partial charge in [-0.15, -0.1) is 21.5 Å². The number of hydrogen-bond donors (Lipinski definition) is 3. The predicted molar refractivity (Wildman–Crippen MR) is 112 cm³/mol. The van der Waals surface area contributed by atoms with Crippen LogP contribution < -0.4 is 16.4 Å². The zero-order valence-corrected chi connectivity index (χ0v) is 16.2. The van der Waals surface area contributed by atoms with Crippen molar-refractivity contribution in [2.75, 3.05) is 10.6 Å². The molecule has 7 nitrogen and oxygen atoms in total. The molecule has 144 valence electrons. The maximum Gasteiger partial charge on any atom is 0.273 e. The summed E-state index contributed by atoms with van der Waals surface area (Å²) < 4.78 is 0. The number of amides is 1. The van der Waals surface area contributed by atoms with Gasteiger partial charge in [0.2, 0.25) is 5.95 Å². The fraction of sp³-hybridized carbons (Fsp3) is 0.300. The zero-order chi connectivity index (χ0) is 19.3. The van der Waals surface area contributed by atoms with Crippen molar-refractivity contribution in [1.29, 1.82) is 0 Å². The van der Waals surface area contributed by atoms with E-state index in [1.54, 1.807) is 0 Å². The Balaban J connectivity index is 1.56. The number of aromatic nitrogens is 3. The van der Waals surface area contributed by atoms with E-state index in [0.29, 0.717) is 17.8 Å². The molecule has 4 N–H and O–H groups in total. The monoisotopic (exact) mass is 394 g/mol. The summed E-state index contributed by atoms with van der Waals surface area (Å²) in [7, 11) is 0. The number of carbonyl (C=O) groups excluding carboxylic acids is 1. The third kappa shape index (κ3) is 4.28. The lowest BCUT2D eigenvalue weighted by Crippen LogP contribution is -2.25. The minimum absolute atomic E-state index is 0.0313. The summed E-state index contributed by atoms with van der Waals surface area (Å²) in [6.07, 6.45) is 5.86. The van der Waals surface area contributed by atoms with Gasteiger partial charge < -0.3 is 16.4 Å². The highest BCUT2D eigenvalue weighted by atomic mass is 32.1. The van der Waals surface area contributed by atoms with Crippen molar-refractivity contribution < 1.29 is 4.79 Å². The van der Waals surface area contributed by atoms with E-state index in [4.69, 9.17) is 5.73 Å². The molecule has 0 radical (unpaired) electrons. The molecule has 0 aliphatic heterocycles. The van der Waals surface area contributed by atoms with Gasteiger partial charge in [0.1, 0.15) is 0 Å². The van der Waals surface area contributed by atoms with Crippen molar-refractivity contribution in [3.8, 4) is 11.1 Å². The lowest BCUT2D eigenvalue weighted by molar-refractivity contribution is 0.0995. The number of nitrogens with one attached hydrogen (secondary N) is 2. The maximum absolute atomic E-state index is 11.8. The molecule has 0 spiro atoms. The van der Waals surface area contributed by atoms with Crippen LogP contribution in [0, 0.1) is 0 Å². The third-order valence-electron chi connectivity index (χ3n) is 4.81. The number of nitrogens with zero attached hydrogens (tertiary/aromatic N) is 3. The molecular formula is C20H22N6OS. The average molecular weight is 395 g/mol. The van der Waals surface area contributed by atoms with E-state index in [-0.39, 0.29) is 5.69 Å². The van der Waals surface area contributed by atoms with Gasteiger partial charge in [0.05, 0.1) is 5.00 Å². The van der Waals surface area contributed by atoms with Gasteiger partial charge in [-0.3, -0.25) is 4.79 Å². The fourth-order valence-corrected chi connectivity index (χ4v) is 4.18. The maximum atomic E-state index is 11.8. The Kier molecular flexibility index (Phi) is 5.48. The molecule has 8 heteroatoms. The highest BCUT2D eigenvalue weighted by Gasteiger charge is 2.18. The second-order valence-electron chi connectivity index (χ2n) is 6.87. The number of thiophene rings is 1. The molecule has 1 aliphatic carbocycles. The highest BCUT2D eigenvalue weighted by molar-refractivity contribution is 7.14. The van der Waals surface area contributed by atoms with Gasteiger partial charge in [0, 0.05) is 11.4 Å². The Morgan fingerprint density at radius 1 is 1.07 bits per heavy atom. The summed E-state index contributed by atoms with van der Waals surface area (Å²) >= 11 is 1.53. The molecule has 2 heterocycles. The van der Waals surface area contributed by atoms with Gasteiger partial charge in [-0.1, -0.05) is 49.6 Å². The normalized spacial score (nSPS) is 14.6. The second-order valence-corrected chi connectivity index (χ2v) is 7.78. The summed E-state index contributed by atoms with van der Waals surface area (Å²) in [6.45, 7) is 0. The standard InChI is InChI=1S/C20H22N6OS/c21-18(27)17-19(24-20(26-25-17)22-15-9-5-2-6-10-15)23-16-11-14(12-28-16)13-7-3-1-4-8-13/h1,3-4,7-8,11-12,15H,2,5-6,9-10H2,(H2,21,27)(H2,22,23,24,26). The van der Waals surface area contributed by atoms with Crippen molar-refractivity contribution in [1.82, 2.24) is 15.2 Å². The summed E-state index contributed by atoms with van der Waals surface area (Å²) in [5, 5.41) is 17.5. The van der Waals surface area contributed by atoms with Crippen LogP contribution in [-0.2, 0) is 0 Å². The first-order valence-corrected chi connectivity index (χ1v) is 10.3. The average Bonchev–Trinajstić information content (AvgIpc) is 3.18. The number of benzene rings is 1. The van der Waals surface area contributed by atoms with Crippen molar-refractivity contribution >= 4 is 34.0 Å². The second kappa shape index (κ2) is 8.35. The Morgan fingerprint density at radius 2 is 1.86 bits per heavy atom. The SMILES string of the molecule is NC(=O)c1nnc(NC2CCCCC2)nc1Nc1cc(-c2ccccc2)cs1. The first kappa shape index (κ1) is 18.4. The molecule has 4 rings (SSSR count). The largest absolute Gasteiger partial charge is 0.364 e. The summed E-state index contributed by atoms with van der Waals surface area (Å²) in [6, 6.07) is 12.5. The molecule has 0 saturated heterocycles. The van der Waals surface area contributed by atoms with Gasteiger partial charge >= 0.3 is 0 Å². The van der Waals surface area contributed by atoms with E-state index in [1.807, 2.05) is 24.3 Å². The number of carbonyl (C=O) groups is 1. The van der Waals surface area contributed by atoms with Gasteiger partial charge in [-0.25, -0.2) is 0 Å². The van der Waals surface area contributed by atoms with E-state index in [2.05, 4.69) is 43.3 Å². The molecular weight excluding hydrogens is 372 g/mol. The molecule has 0 atom stereocenters. The Morgan fingerprint density at radius 3 is 2.61 bits per heavy atom. The molecule has 0 bridgehead atoms. The van der Waals surface area contributed by atoms with E-state index in [9.17, 15) is 4.79 Å². The molecule has 1 saturated carbocycles. The van der Waals surface area contributed by atoms with E-state index < -0.39 is 5.91 Å². The molecule has 2 aromatic heterocycles. The number of anilines is 3. The van der Waals surface area contributed by atoms with Crippen molar-refractivity contribution in [3.63, 3.8) is 0 Å². The quantitative estimate of drug-likeness (QED) is 0.579. The summed E-state index contributed by atoms with van der Waals surface area (Å²) in [5.41, 5.74) is 7.71. The van der Waals surface area contributed by atoms with Crippen LogP contribution in [0.5, 0.6) is 0 Å². The number of rotatable bonds is 6. The minimum atomic E-state index is -0.661. The minimum Gasteiger partial charge on any atom is -0.364 e. The van der Waals surface area contributed by atoms with E-state index in [0.717, 1.165) is 29.0 Å². The smallest absolute Gasteiger partial charge is 0.273 e. The molecule has 3 aromatic rings. The van der Waals surface area contributed by atoms with Crippen LogP contribution in [0.25, 0.3) is 11.1 Å². The highest BCUT2D eigenvalue weighted by Crippen LogP contribution is 2.31. The third-order valence-corrected chi connectivity index (χ3v) is 5.65. The van der Waals surface area contributed by atoms with Gasteiger partial charge in [-0.2, -0.15) is 4.98 Å². The van der Waals surface area contributed by atoms with Crippen LogP contribution in [0.1, 0.15) is 42.6 Å². The first-order valence-electron chi connectivity index (χ1n) is 9.41. The molecule has 1 fully saturated rings. The molecule has 1 amide bonds. The lowest BCUT2D eigenvalue weighted by atomic mass is 9.96. The van der Waals surface area contributed by atoms with Crippen LogP contribution in [-0.4, -0.2) is 27.1 Å². The molecule has 0 unspecified atom stereocenters. The van der Waals surface area contributed by atoms with Crippen molar-refractivity contribution in [3.05, 3.63) is 47.5 Å². The number of hydrogen-bond acceptors (Lipinski definition) is 7. The first-order chi connectivity index (χ1) is 13.7. The van der Waals surface area contributed by atoms with E-state index >= 15 is 0 Å². The van der Waals surface area contributed by atoms with Crippen LogP contribution in [0.2, 0.25) is 0 Å². The van der Waals surface area contributed by atoms with Crippen molar-refractivity contribution in [2.45, 2.75) is 38.1 Å². The van der Waals surface area contributed by atoms with Crippen LogP contribution in [0.4, 0.5) is 16.8 Å². The van der Waals surface area contributed by atoms with Gasteiger partial charge in [-0.05, 0) is 30.0 Å². The predicted octanol–water partition coefficient (Wildman–Crippen LogP) is 4.19. The Hall–Kier alpha value is -3.00. The molecule has 28 heavy (non-hydrogen) atoms. The zero-order valence-electron chi connectivity index (χ0n) is 15.4. The van der Waals surface area contributed by atoms with Crippen molar-refractivity contribution in [2.24, 2.45) is 5.73 Å². The van der Waals surface area contributed by atoms with Gasteiger partial charge in [0.25, 0.3) is 5.91 Å². The topological polar surface area (TPSA) is 106 Å². The number of nitrogens with two attached hydrogens (primary N) is 1. The summed E-state index contributed by atoms with van der Waals surface area (Å²) in [4.78, 5) is 16.2. The summed E-state index contributed by atoms with van der Waals surface area (Å²) in [5.74, 6) is 0.0769. The fourth-order valence-electron chi connectivity index (χ4n) is 3.37. The number of primary amides is 1. The van der Waals surface area contributed by atoms with E-state index in [1.165, 1.54) is 30.6 Å². The van der Waals surface area contributed by atoms with Crippen LogP contribution >= 0.6 is 11.3 Å². The van der Waals surface area contributed by atoms with Crippen LogP contribution in [0.3, 0.4) is 0 Å². The lowest BCUT2D eigenvalue weighted by Gasteiger charge is -2.22. The Bertz CT molecular complexity index is 952. The molecule has 1 aromatic carbocycles. The molecule has 1 aliphatic rings. The van der Waals surface area contributed by atoms with Gasteiger partial charge in [0.15, 0.2) is 11.5 Å². The Labute approximate surface area is 167 Å². The van der Waals surface area contributed by atoms with Crippen LogP contribution in [0.15, 0.2) is 41.8 Å².